The largest absolute Gasteiger partial charge is 0.461 e. The number of carbonyl (C=O) groups is 1. The summed E-state index contributed by atoms with van der Waals surface area (Å²) in [5.41, 5.74) is 7.09. The number of hydrogen-bond acceptors (Lipinski definition) is 3. The maximum absolute atomic E-state index is 10.7. The average Bonchev–Trinajstić information content (AvgIpc) is 2.67. The molecule has 4 nitrogen and oxygen atoms in total. The second-order valence-corrected chi connectivity index (χ2v) is 3.92. The molecule has 0 aliphatic rings. The number of aryl methyl sites for hydroxylation is 1. The first kappa shape index (κ1) is 11.7. The van der Waals surface area contributed by atoms with Crippen molar-refractivity contribution in [3.05, 3.63) is 35.6 Å². The molecule has 1 aromatic carbocycles. The van der Waals surface area contributed by atoms with Crippen molar-refractivity contribution in [1.82, 2.24) is 5.32 Å². The van der Waals surface area contributed by atoms with Gasteiger partial charge in [0, 0.05) is 23.9 Å². The highest BCUT2D eigenvalue weighted by atomic mass is 16.3. The van der Waals surface area contributed by atoms with Crippen LogP contribution in [0.3, 0.4) is 0 Å². The van der Waals surface area contributed by atoms with Gasteiger partial charge in [-0.05, 0) is 6.07 Å². The van der Waals surface area contributed by atoms with Crippen molar-refractivity contribution < 1.29 is 9.21 Å². The van der Waals surface area contributed by atoms with Crippen LogP contribution in [0.15, 0.2) is 28.7 Å². The molecule has 0 atom stereocenters. The molecule has 17 heavy (non-hydrogen) atoms. The molecular weight excluding hydrogens is 216 g/mol. The van der Waals surface area contributed by atoms with Crippen LogP contribution in [0.4, 0.5) is 0 Å². The molecule has 0 saturated carbocycles. The molecule has 0 unspecified atom stereocenters. The lowest BCUT2D eigenvalue weighted by Gasteiger charge is -2.02. The molecule has 0 aliphatic heterocycles. The third-order valence-corrected chi connectivity index (χ3v) is 2.70. The van der Waals surface area contributed by atoms with Crippen molar-refractivity contribution in [2.45, 2.75) is 19.9 Å². The standard InChI is InChI=1S/C13H16N2O2/c1-2-11-10(7-15-8-13(14)16)9-5-3-4-6-12(9)17-11/h3-6,15H,2,7-8H2,1H3,(H2,14,16). The van der Waals surface area contributed by atoms with Gasteiger partial charge in [0.05, 0.1) is 6.54 Å². The van der Waals surface area contributed by atoms with Gasteiger partial charge in [0.15, 0.2) is 0 Å². The maximum atomic E-state index is 10.7. The minimum Gasteiger partial charge on any atom is -0.461 e. The Hall–Kier alpha value is -1.81. The van der Waals surface area contributed by atoms with E-state index in [-0.39, 0.29) is 12.5 Å². The number of nitrogens with two attached hydrogens (primary N) is 1. The smallest absolute Gasteiger partial charge is 0.231 e. The molecule has 1 heterocycles. The minimum absolute atomic E-state index is 0.183. The highest BCUT2D eigenvalue weighted by molar-refractivity contribution is 5.82. The van der Waals surface area contributed by atoms with Gasteiger partial charge in [-0.1, -0.05) is 25.1 Å². The predicted molar refractivity (Wildman–Crippen MR) is 66.5 cm³/mol. The van der Waals surface area contributed by atoms with Gasteiger partial charge < -0.3 is 15.5 Å². The maximum Gasteiger partial charge on any atom is 0.231 e. The fourth-order valence-corrected chi connectivity index (χ4v) is 1.94. The summed E-state index contributed by atoms with van der Waals surface area (Å²) in [7, 11) is 0. The van der Waals surface area contributed by atoms with E-state index in [0.29, 0.717) is 6.54 Å². The number of para-hydroxylation sites is 1. The third-order valence-electron chi connectivity index (χ3n) is 2.70. The fraction of sp³-hybridized carbons (Fsp3) is 0.308. The molecule has 2 aromatic rings. The zero-order chi connectivity index (χ0) is 12.3. The van der Waals surface area contributed by atoms with Crippen molar-refractivity contribution in [3.8, 4) is 0 Å². The van der Waals surface area contributed by atoms with Gasteiger partial charge in [-0.25, -0.2) is 0 Å². The summed E-state index contributed by atoms with van der Waals surface area (Å²) in [6.45, 7) is 2.83. The van der Waals surface area contributed by atoms with Crippen molar-refractivity contribution in [1.29, 1.82) is 0 Å². The van der Waals surface area contributed by atoms with Crippen LogP contribution in [0, 0.1) is 0 Å². The Morgan fingerprint density at radius 3 is 2.88 bits per heavy atom. The van der Waals surface area contributed by atoms with E-state index < -0.39 is 0 Å². The first-order valence-electron chi connectivity index (χ1n) is 5.70. The number of rotatable bonds is 5. The molecule has 2 rings (SSSR count). The molecule has 4 heteroatoms. The SMILES string of the molecule is CCc1oc2ccccc2c1CNCC(N)=O. The van der Waals surface area contributed by atoms with E-state index in [0.717, 1.165) is 28.7 Å². The number of fused-ring (bicyclic) bond motifs is 1. The molecule has 0 spiro atoms. The van der Waals surface area contributed by atoms with Crippen molar-refractivity contribution >= 4 is 16.9 Å². The Balaban J connectivity index is 2.27. The lowest BCUT2D eigenvalue weighted by atomic mass is 10.1. The van der Waals surface area contributed by atoms with E-state index in [9.17, 15) is 4.79 Å². The minimum atomic E-state index is -0.351. The normalized spacial score (nSPS) is 10.9. The molecule has 0 saturated heterocycles. The third kappa shape index (κ3) is 2.47. The average molecular weight is 232 g/mol. The summed E-state index contributed by atoms with van der Waals surface area (Å²) in [6, 6.07) is 7.91. The topological polar surface area (TPSA) is 68.3 Å². The molecule has 1 aromatic heterocycles. The number of benzene rings is 1. The zero-order valence-electron chi connectivity index (χ0n) is 9.82. The first-order chi connectivity index (χ1) is 8.22. The van der Waals surface area contributed by atoms with E-state index in [1.54, 1.807) is 0 Å². The van der Waals surface area contributed by atoms with E-state index in [4.69, 9.17) is 10.2 Å². The first-order valence-corrected chi connectivity index (χ1v) is 5.70. The van der Waals surface area contributed by atoms with Gasteiger partial charge in [0.1, 0.15) is 11.3 Å². The Morgan fingerprint density at radius 2 is 2.18 bits per heavy atom. The molecular formula is C13H16N2O2. The van der Waals surface area contributed by atoms with E-state index in [1.165, 1.54) is 0 Å². The number of furan rings is 1. The van der Waals surface area contributed by atoms with Crippen molar-refractivity contribution in [2.24, 2.45) is 5.73 Å². The molecule has 3 N–H and O–H groups in total. The second kappa shape index (κ2) is 5.01. The number of carbonyl (C=O) groups excluding carboxylic acids is 1. The Kier molecular flexibility index (Phi) is 3.44. The summed E-state index contributed by atoms with van der Waals surface area (Å²) < 4.78 is 5.75. The van der Waals surface area contributed by atoms with Gasteiger partial charge in [-0.3, -0.25) is 4.79 Å². The van der Waals surface area contributed by atoms with Crippen LogP contribution in [0.1, 0.15) is 18.2 Å². The lowest BCUT2D eigenvalue weighted by molar-refractivity contribution is -0.117. The highest BCUT2D eigenvalue weighted by Gasteiger charge is 2.11. The predicted octanol–water partition coefficient (Wildman–Crippen LogP) is 1.57. The zero-order valence-corrected chi connectivity index (χ0v) is 9.82. The monoisotopic (exact) mass is 232 g/mol. The van der Waals surface area contributed by atoms with Gasteiger partial charge >= 0.3 is 0 Å². The van der Waals surface area contributed by atoms with Gasteiger partial charge in [0.25, 0.3) is 0 Å². The molecule has 90 valence electrons. The molecule has 0 aliphatic carbocycles. The van der Waals surface area contributed by atoms with Crippen LogP contribution >= 0.6 is 0 Å². The Bertz CT molecular complexity index is 531. The van der Waals surface area contributed by atoms with Gasteiger partial charge in [-0.15, -0.1) is 0 Å². The number of hydrogen-bond donors (Lipinski definition) is 2. The lowest BCUT2D eigenvalue weighted by Crippen LogP contribution is -2.28. The van der Waals surface area contributed by atoms with Crippen molar-refractivity contribution in [3.63, 3.8) is 0 Å². The molecule has 0 bridgehead atoms. The van der Waals surface area contributed by atoms with E-state index >= 15 is 0 Å². The van der Waals surface area contributed by atoms with Gasteiger partial charge in [0.2, 0.25) is 5.91 Å². The van der Waals surface area contributed by atoms with Gasteiger partial charge in [-0.2, -0.15) is 0 Å². The van der Waals surface area contributed by atoms with E-state index in [2.05, 4.69) is 12.2 Å². The van der Waals surface area contributed by atoms with Crippen LogP contribution in [-0.2, 0) is 17.8 Å². The summed E-state index contributed by atoms with van der Waals surface area (Å²) in [6.07, 6.45) is 0.836. The van der Waals surface area contributed by atoms with Crippen LogP contribution in [0.2, 0.25) is 0 Å². The van der Waals surface area contributed by atoms with Crippen LogP contribution in [0.5, 0.6) is 0 Å². The number of amides is 1. The molecule has 0 radical (unpaired) electrons. The molecule has 1 amide bonds. The summed E-state index contributed by atoms with van der Waals surface area (Å²) in [5.74, 6) is 0.610. The molecule has 0 fully saturated rings. The Morgan fingerprint density at radius 1 is 1.41 bits per heavy atom. The number of nitrogens with one attached hydrogen (secondary N) is 1. The Labute approximate surface area is 99.8 Å². The summed E-state index contributed by atoms with van der Waals surface area (Å²) in [5, 5.41) is 4.12. The second-order valence-electron chi connectivity index (χ2n) is 3.92. The van der Waals surface area contributed by atoms with E-state index in [1.807, 2.05) is 24.3 Å². The van der Waals surface area contributed by atoms with Crippen LogP contribution in [-0.4, -0.2) is 12.5 Å². The fourth-order valence-electron chi connectivity index (χ4n) is 1.94. The number of primary amides is 1. The summed E-state index contributed by atoms with van der Waals surface area (Å²) in [4.78, 5) is 10.7. The quantitative estimate of drug-likeness (QED) is 0.822. The highest BCUT2D eigenvalue weighted by Crippen LogP contribution is 2.25. The summed E-state index contributed by atoms with van der Waals surface area (Å²) >= 11 is 0. The van der Waals surface area contributed by atoms with Crippen LogP contribution < -0.4 is 11.1 Å². The van der Waals surface area contributed by atoms with Crippen LogP contribution in [0.25, 0.3) is 11.0 Å². The van der Waals surface area contributed by atoms with Crippen molar-refractivity contribution in [2.75, 3.05) is 6.54 Å².